The largest absolute Gasteiger partial charge is 0.463 e. The van der Waals surface area contributed by atoms with E-state index < -0.39 is 47.7 Å². The summed E-state index contributed by atoms with van der Waals surface area (Å²) >= 11 is 1.20. The Bertz CT molecular complexity index is 808. The number of thioether (sulfide) groups is 1. The van der Waals surface area contributed by atoms with Gasteiger partial charge in [-0.05, 0) is 18.2 Å². The molecule has 9 nitrogen and oxygen atoms in total. The molecule has 10 heteroatoms. The monoisotopic (exact) mass is 422 g/mol. The number of carbonyl (C=O) groups is 3. The molecule has 156 valence electrons. The van der Waals surface area contributed by atoms with Gasteiger partial charge in [0.15, 0.2) is 6.10 Å². The quantitative estimate of drug-likeness (QED) is 0.524. The van der Waals surface area contributed by atoms with Crippen LogP contribution in [0.2, 0.25) is 0 Å². The topological polar surface area (TPSA) is 138 Å². The fourth-order valence-electron chi connectivity index (χ4n) is 2.82. The van der Waals surface area contributed by atoms with Crippen LogP contribution in [0.4, 0.5) is 0 Å². The van der Waals surface area contributed by atoms with Crippen LogP contribution in [0.3, 0.4) is 0 Å². The standard InChI is InChI=1S/C19H22N2O7S/c1-10(22)25-9-15-17(26-11(2)23)16(21)18(27-12(3)24)19(28-15)29-14-6-4-5-13(7-14)8-20/h4-7,15-19H,9,21H2,1-3H3. The maximum absolute atomic E-state index is 11.6. The number of nitriles is 1. The Morgan fingerprint density at radius 1 is 1.14 bits per heavy atom. The van der Waals surface area contributed by atoms with E-state index in [0.29, 0.717) is 10.5 Å². The third-order valence-corrected chi connectivity index (χ3v) is 5.11. The maximum Gasteiger partial charge on any atom is 0.303 e. The second-order valence-corrected chi connectivity index (χ2v) is 7.50. The Balaban J connectivity index is 2.31. The summed E-state index contributed by atoms with van der Waals surface area (Å²) < 4.78 is 21.6. The Labute approximate surface area is 172 Å². The third-order valence-electron chi connectivity index (χ3n) is 3.97. The lowest BCUT2D eigenvalue weighted by molar-refractivity contribution is -0.201. The van der Waals surface area contributed by atoms with Crippen molar-refractivity contribution < 1.29 is 33.3 Å². The first-order valence-corrected chi connectivity index (χ1v) is 9.65. The molecular formula is C19H22N2O7S. The van der Waals surface area contributed by atoms with E-state index in [1.54, 1.807) is 24.3 Å². The van der Waals surface area contributed by atoms with Crippen LogP contribution in [0, 0.1) is 11.3 Å². The van der Waals surface area contributed by atoms with Crippen molar-refractivity contribution in [3.8, 4) is 6.07 Å². The van der Waals surface area contributed by atoms with Crippen molar-refractivity contribution in [2.75, 3.05) is 6.61 Å². The maximum atomic E-state index is 11.6. The van der Waals surface area contributed by atoms with Gasteiger partial charge in [0.1, 0.15) is 24.3 Å². The summed E-state index contributed by atoms with van der Waals surface area (Å²) in [5.74, 6) is -1.71. The lowest BCUT2D eigenvalue weighted by Crippen LogP contribution is -2.63. The summed E-state index contributed by atoms with van der Waals surface area (Å²) in [5.41, 5.74) is 5.95. The molecular weight excluding hydrogens is 400 g/mol. The highest BCUT2D eigenvalue weighted by molar-refractivity contribution is 7.99. The Morgan fingerprint density at radius 2 is 1.79 bits per heavy atom. The highest BCUT2D eigenvalue weighted by Crippen LogP contribution is 2.35. The van der Waals surface area contributed by atoms with E-state index in [-0.39, 0.29) is 6.61 Å². The molecule has 0 aromatic heterocycles. The summed E-state index contributed by atoms with van der Waals surface area (Å²) in [4.78, 5) is 35.1. The number of esters is 3. The minimum Gasteiger partial charge on any atom is -0.463 e. The predicted octanol–water partition coefficient (Wildman–Crippen LogP) is 1.13. The van der Waals surface area contributed by atoms with Gasteiger partial charge >= 0.3 is 17.9 Å². The van der Waals surface area contributed by atoms with E-state index in [1.165, 1.54) is 32.5 Å². The van der Waals surface area contributed by atoms with Crippen LogP contribution in [-0.4, -0.2) is 54.3 Å². The van der Waals surface area contributed by atoms with Crippen LogP contribution in [0.1, 0.15) is 26.3 Å². The van der Waals surface area contributed by atoms with Gasteiger partial charge in [-0.1, -0.05) is 17.8 Å². The fraction of sp³-hybridized carbons (Fsp3) is 0.474. The summed E-state index contributed by atoms with van der Waals surface area (Å²) in [6.07, 6.45) is -2.79. The zero-order valence-electron chi connectivity index (χ0n) is 16.2. The number of rotatable bonds is 6. The van der Waals surface area contributed by atoms with Crippen molar-refractivity contribution in [1.82, 2.24) is 0 Å². The molecule has 2 N–H and O–H groups in total. The number of benzene rings is 1. The van der Waals surface area contributed by atoms with Crippen LogP contribution < -0.4 is 5.73 Å². The van der Waals surface area contributed by atoms with E-state index in [0.717, 1.165) is 0 Å². The van der Waals surface area contributed by atoms with Crippen LogP contribution in [0.5, 0.6) is 0 Å². The van der Waals surface area contributed by atoms with E-state index in [2.05, 4.69) is 0 Å². The highest BCUT2D eigenvalue weighted by Gasteiger charge is 2.48. The average Bonchev–Trinajstić information content (AvgIpc) is 2.65. The predicted molar refractivity (Wildman–Crippen MR) is 101 cm³/mol. The van der Waals surface area contributed by atoms with E-state index >= 15 is 0 Å². The zero-order valence-corrected chi connectivity index (χ0v) is 17.0. The van der Waals surface area contributed by atoms with Gasteiger partial charge in [-0.25, -0.2) is 0 Å². The molecule has 1 fully saturated rings. The number of ether oxygens (including phenoxy) is 4. The molecule has 0 bridgehead atoms. The van der Waals surface area contributed by atoms with Gasteiger partial charge in [0, 0.05) is 25.7 Å². The van der Waals surface area contributed by atoms with Gasteiger partial charge in [0.25, 0.3) is 0 Å². The molecule has 0 saturated carbocycles. The number of hydrogen-bond acceptors (Lipinski definition) is 10. The van der Waals surface area contributed by atoms with E-state index in [9.17, 15) is 14.4 Å². The van der Waals surface area contributed by atoms with Gasteiger partial charge in [-0.3, -0.25) is 14.4 Å². The summed E-state index contributed by atoms with van der Waals surface area (Å²) in [6, 6.07) is 7.91. The molecule has 1 aliphatic rings. The molecule has 1 aromatic carbocycles. The Hall–Kier alpha value is -2.61. The van der Waals surface area contributed by atoms with E-state index in [1.807, 2.05) is 6.07 Å². The van der Waals surface area contributed by atoms with Crippen LogP contribution in [0.25, 0.3) is 0 Å². The molecule has 5 atom stereocenters. The van der Waals surface area contributed by atoms with Crippen molar-refractivity contribution in [2.45, 2.75) is 55.5 Å². The molecule has 1 saturated heterocycles. The fourth-order valence-corrected chi connectivity index (χ4v) is 4.01. The Kier molecular flexibility index (Phi) is 8.01. The number of hydrogen-bond donors (Lipinski definition) is 1. The van der Waals surface area contributed by atoms with Gasteiger partial charge < -0.3 is 24.7 Å². The second kappa shape index (κ2) is 10.2. The highest BCUT2D eigenvalue weighted by atomic mass is 32.2. The Morgan fingerprint density at radius 3 is 2.38 bits per heavy atom. The minimum absolute atomic E-state index is 0.191. The van der Waals surface area contributed by atoms with Gasteiger partial charge in [0.05, 0.1) is 17.7 Å². The molecule has 29 heavy (non-hydrogen) atoms. The summed E-state index contributed by atoms with van der Waals surface area (Å²) in [7, 11) is 0. The van der Waals surface area contributed by atoms with Crippen molar-refractivity contribution in [2.24, 2.45) is 5.73 Å². The van der Waals surface area contributed by atoms with Crippen LogP contribution in [-0.2, 0) is 33.3 Å². The molecule has 0 amide bonds. The molecule has 1 aromatic rings. The molecule has 1 heterocycles. The zero-order chi connectivity index (χ0) is 21.6. The molecule has 5 unspecified atom stereocenters. The first-order chi connectivity index (χ1) is 13.7. The second-order valence-electron chi connectivity index (χ2n) is 6.33. The number of carbonyl (C=O) groups excluding carboxylic acids is 3. The molecule has 2 rings (SSSR count). The van der Waals surface area contributed by atoms with Crippen LogP contribution in [0.15, 0.2) is 29.2 Å². The smallest absolute Gasteiger partial charge is 0.303 e. The van der Waals surface area contributed by atoms with Crippen molar-refractivity contribution in [1.29, 1.82) is 5.26 Å². The van der Waals surface area contributed by atoms with Gasteiger partial charge in [-0.2, -0.15) is 5.26 Å². The summed E-state index contributed by atoms with van der Waals surface area (Å²) in [6.45, 7) is 3.50. The normalized spacial score (nSPS) is 26.1. The minimum atomic E-state index is -0.988. The lowest BCUT2D eigenvalue weighted by atomic mass is 9.97. The lowest BCUT2D eigenvalue weighted by Gasteiger charge is -2.43. The third kappa shape index (κ3) is 6.45. The molecule has 0 spiro atoms. The van der Waals surface area contributed by atoms with Crippen molar-refractivity contribution in [3.05, 3.63) is 29.8 Å². The first-order valence-electron chi connectivity index (χ1n) is 8.77. The van der Waals surface area contributed by atoms with Gasteiger partial charge in [-0.15, -0.1) is 0 Å². The SMILES string of the molecule is CC(=O)OCC1OC(Sc2cccc(C#N)c2)C(OC(C)=O)C(N)C1OC(C)=O. The van der Waals surface area contributed by atoms with E-state index in [4.69, 9.17) is 29.9 Å². The number of nitrogens with two attached hydrogens (primary N) is 1. The van der Waals surface area contributed by atoms with Crippen molar-refractivity contribution in [3.63, 3.8) is 0 Å². The molecule has 0 radical (unpaired) electrons. The molecule has 1 aliphatic heterocycles. The first kappa shape index (κ1) is 22.7. The van der Waals surface area contributed by atoms with Gasteiger partial charge in [0.2, 0.25) is 0 Å². The number of nitrogens with zero attached hydrogens (tertiary/aromatic N) is 1. The summed E-state index contributed by atoms with van der Waals surface area (Å²) in [5, 5.41) is 9.09. The van der Waals surface area contributed by atoms with Crippen molar-refractivity contribution >= 4 is 29.7 Å². The van der Waals surface area contributed by atoms with Crippen LogP contribution >= 0.6 is 11.8 Å². The molecule has 0 aliphatic carbocycles. The average molecular weight is 422 g/mol.